The topological polar surface area (TPSA) is 31.2 Å². The lowest BCUT2D eigenvalue weighted by molar-refractivity contribution is 0.317. The second-order valence-corrected chi connectivity index (χ2v) is 5.14. The maximum atomic E-state index is 12.4. The first-order valence-corrected chi connectivity index (χ1v) is 7.91. The van der Waals surface area contributed by atoms with Gasteiger partial charge in [0.1, 0.15) is 5.75 Å². The fraction of sp³-hybridized carbons (Fsp3) is 0.353. The number of nitrogens with zero attached hydrogens (tertiary/aromatic N) is 1. The molecule has 3 nitrogen and oxygen atoms in total. The van der Waals surface area contributed by atoms with E-state index in [1.165, 1.54) is 0 Å². The fourth-order valence-corrected chi connectivity index (χ4v) is 2.52. The Bertz CT molecular complexity index is 664. The van der Waals surface area contributed by atoms with Crippen molar-refractivity contribution in [2.45, 2.75) is 32.6 Å². The van der Waals surface area contributed by atoms with Gasteiger partial charge in [0, 0.05) is 23.4 Å². The van der Waals surface area contributed by atoms with E-state index in [1.54, 1.807) is 4.57 Å². The van der Waals surface area contributed by atoms with Crippen LogP contribution in [-0.2, 0) is 12.3 Å². The van der Waals surface area contributed by atoms with E-state index in [0.717, 1.165) is 29.0 Å². The van der Waals surface area contributed by atoms with Gasteiger partial charge in [-0.15, -0.1) is 0 Å². The molecular weight excluding hydrogens is 282 g/mol. The largest absolute Gasteiger partial charge is 0.494 e. The Balaban J connectivity index is 2.46. The first-order valence-electron chi connectivity index (χ1n) is 7.28. The summed E-state index contributed by atoms with van der Waals surface area (Å²) < 4.78 is 7.45. The van der Waals surface area contributed by atoms with E-state index >= 15 is 0 Å². The summed E-state index contributed by atoms with van der Waals surface area (Å²) >= 11 is 4.21. The number of hydrogen-bond donors (Lipinski definition) is 1. The van der Waals surface area contributed by atoms with Crippen LogP contribution in [0.25, 0.3) is 11.3 Å². The summed E-state index contributed by atoms with van der Waals surface area (Å²) in [6.07, 6.45) is 0.973. The van der Waals surface area contributed by atoms with Gasteiger partial charge in [-0.2, -0.15) is 12.6 Å². The van der Waals surface area contributed by atoms with E-state index in [4.69, 9.17) is 4.74 Å². The van der Waals surface area contributed by atoms with Crippen LogP contribution >= 0.6 is 12.6 Å². The number of benzene rings is 1. The molecule has 0 atom stereocenters. The Morgan fingerprint density at radius 2 is 2.00 bits per heavy atom. The molecule has 0 saturated carbocycles. The van der Waals surface area contributed by atoms with Crippen molar-refractivity contribution in [3.8, 4) is 17.0 Å². The van der Waals surface area contributed by atoms with Crippen LogP contribution in [0.2, 0.25) is 0 Å². The van der Waals surface area contributed by atoms with Crippen LogP contribution < -0.4 is 10.3 Å². The van der Waals surface area contributed by atoms with Crippen molar-refractivity contribution < 1.29 is 4.74 Å². The lowest BCUT2D eigenvalue weighted by atomic mass is 10.1. The first-order chi connectivity index (χ1) is 10.2. The third kappa shape index (κ3) is 3.50. The zero-order chi connectivity index (χ0) is 15.2. The van der Waals surface area contributed by atoms with Crippen LogP contribution in [0, 0.1) is 0 Å². The normalized spacial score (nSPS) is 10.6. The van der Waals surface area contributed by atoms with Gasteiger partial charge in [-0.1, -0.05) is 25.1 Å². The number of ether oxygens (including phenoxy) is 1. The van der Waals surface area contributed by atoms with Crippen molar-refractivity contribution in [3.05, 3.63) is 52.3 Å². The molecule has 0 aliphatic carbocycles. The van der Waals surface area contributed by atoms with Gasteiger partial charge in [0.15, 0.2) is 0 Å². The number of aromatic nitrogens is 1. The van der Waals surface area contributed by atoms with Crippen molar-refractivity contribution in [1.29, 1.82) is 0 Å². The fourth-order valence-electron chi connectivity index (χ4n) is 2.28. The quantitative estimate of drug-likeness (QED) is 0.824. The lowest BCUT2D eigenvalue weighted by Crippen LogP contribution is -2.23. The summed E-state index contributed by atoms with van der Waals surface area (Å²) in [5.41, 5.74) is 2.66. The molecule has 0 spiro atoms. The molecule has 0 unspecified atom stereocenters. The number of thiol groups is 1. The Kier molecular flexibility index (Phi) is 5.51. The molecule has 21 heavy (non-hydrogen) atoms. The van der Waals surface area contributed by atoms with Gasteiger partial charge < -0.3 is 9.30 Å². The second-order valence-electron chi connectivity index (χ2n) is 4.83. The highest BCUT2D eigenvalue weighted by Gasteiger charge is 2.09. The van der Waals surface area contributed by atoms with E-state index in [0.29, 0.717) is 18.9 Å². The first kappa shape index (κ1) is 15.7. The Morgan fingerprint density at radius 1 is 1.19 bits per heavy atom. The number of rotatable bonds is 6. The molecule has 1 aromatic heterocycles. The summed E-state index contributed by atoms with van der Waals surface area (Å²) in [6.45, 7) is 5.39. The van der Waals surface area contributed by atoms with Gasteiger partial charge in [-0.3, -0.25) is 4.79 Å². The Labute approximate surface area is 131 Å². The molecule has 2 rings (SSSR count). The summed E-state index contributed by atoms with van der Waals surface area (Å²) in [6, 6.07) is 11.7. The molecular formula is C17H21NO2S. The predicted molar refractivity (Wildman–Crippen MR) is 90.3 cm³/mol. The zero-order valence-electron chi connectivity index (χ0n) is 12.5. The number of hydrogen-bond acceptors (Lipinski definition) is 3. The van der Waals surface area contributed by atoms with Crippen LogP contribution in [0.1, 0.15) is 25.8 Å². The van der Waals surface area contributed by atoms with E-state index < -0.39 is 0 Å². The number of pyridine rings is 1. The van der Waals surface area contributed by atoms with E-state index in [9.17, 15) is 4.79 Å². The summed E-state index contributed by atoms with van der Waals surface area (Å²) in [5, 5.41) is 0. The second kappa shape index (κ2) is 7.36. The predicted octanol–water partition coefficient (Wildman–Crippen LogP) is 3.75. The highest BCUT2D eigenvalue weighted by atomic mass is 32.1. The van der Waals surface area contributed by atoms with Crippen molar-refractivity contribution in [3.63, 3.8) is 0 Å². The molecule has 2 aromatic rings. The minimum atomic E-state index is 0.0323. The SMILES string of the molecule is CCCOc1cccc(-c2ccc(CS)c(=O)n2CC)c1. The van der Waals surface area contributed by atoms with Crippen LogP contribution in [0.3, 0.4) is 0 Å². The molecule has 0 amide bonds. The summed E-state index contributed by atoms with van der Waals surface area (Å²) in [4.78, 5) is 12.4. The van der Waals surface area contributed by atoms with E-state index in [1.807, 2.05) is 43.3 Å². The van der Waals surface area contributed by atoms with Gasteiger partial charge in [0.2, 0.25) is 0 Å². The molecule has 0 radical (unpaired) electrons. The lowest BCUT2D eigenvalue weighted by Gasteiger charge is -2.13. The highest BCUT2D eigenvalue weighted by Crippen LogP contribution is 2.23. The third-order valence-corrected chi connectivity index (χ3v) is 3.68. The van der Waals surface area contributed by atoms with Gasteiger partial charge in [-0.25, -0.2) is 0 Å². The van der Waals surface area contributed by atoms with E-state index in [2.05, 4.69) is 19.6 Å². The molecule has 0 saturated heterocycles. The standard InChI is InChI=1S/C17H21NO2S/c1-3-10-20-15-7-5-6-13(11-15)16-9-8-14(12-21)17(19)18(16)4-2/h5-9,11,21H,3-4,10,12H2,1-2H3. The minimum absolute atomic E-state index is 0.0323. The summed E-state index contributed by atoms with van der Waals surface area (Å²) in [5.74, 6) is 1.29. The molecule has 0 N–H and O–H groups in total. The van der Waals surface area contributed by atoms with Crippen LogP contribution in [0.4, 0.5) is 0 Å². The molecule has 4 heteroatoms. The zero-order valence-corrected chi connectivity index (χ0v) is 13.4. The molecule has 1 heterocycles. The molecule has 0 fully saturated rings. The van der Waals surface area contributed by atoms with E-state index in [-0.39, 0.29) is 5.56 Å². The molecule has 0 aliphatic heterocycles. The monoisotopic (exact) mass is 303 g/mol. The molecule has 112 valence electrons. The van der Waals surface area contributed by atoms with Gasteiger partial charge in [0.05, 0.1) is 12.3 Å². The highest BCUT2D eigenvalue weighted by molar-refractivity contribution is 7.79. The minimum Gasteiger partial charge on any atom is -0.494 e. The van der Waals surface area contributed by atoms with Crippen molar-refractivity contribution in [2.75, 3.05) is 6.61 Å². The third-order valence-electron chi connectivity index (χ3n) is 3.34. The molecule has 0 aliphatic rings. The molecule has 0 bridgehead atoms. The Morgan fingerprint density at radius 3 is 2.67 bits per heavy atom. The van der Waals surface area contributed by atoms with Crippen molar-refractivity contribution in [2.24, 2.45) is 0 Å². The Hall–Kier alpha value is -1.68. The van der Waals surface area contributed by atoms with Crippen molar-refractivity contribution >= 4 is 12.6 Å². The van der Waals surface area contributed by atoms with Gasteiger partial charge in [-0.05, 0) is 31.5 Å². The van der Waals surface area contributed by atoms with Crippen molar-refractivity contribution in [1.82, 2.24) is 4.57 Å². The van der Waals surface area contributed by atoms with Crippen LogP contribution in [0.5, 0.6) is 5.75 Å². The average molecular weight is 303 g/mol. The maximum absolute atomic E-state index is 12.4. The molecule has 1 aromatic carbocycles. The summed E-state index contributed by atoms with van der Waals surface area (Å²) in [7, 11) is 0. The van der Waals surface area contributed by atoms with Crippen LogP contribution in [-0.4, -0.2) is 11.2 Å². The van der Waals surface area contributed by atoms with Gasteiger partial charge in [0.25, 0.3) is 5.56 Å². The van der Waals surface area contributed by atoms with Gasteiger partial charge >= 0.3 is 0 Å². The maximum Gasteiger partial charge on any atom is 0.255 e. The smallest absolute Gasteiger partial charge is 0.255 e. The average Bonchev–Trinajstić information content (AvgIpc) is 2.52. The van der Waals surface area contributed by atoms with Crippen LogP contribution in [0.15, 0.2) is 41.2 Å².